The molecular formula is C54H82N14O14S. The van der Waals surface area contributed by atoms with Gasteiger partial charge in [-0.1, -0.05) is 44.0 Å². The van der Waals surface area contributed by atoms with Crippen LogP contribution in [0.4, 0.5) is 5.69 Å². The average molecular weight is 1180 g/mol. The van der Waals surface area contributed by atoms with Crippen LogP contribution in [0.1, 0.15) is 75.8 Å². The highest BCUT2D eigenvalue weighted by molar-refractivity contribution is 7.80. The Balaban J connectivity index is 1.35. The minimum atomic E-state index is -2.17. The number of carbonyl (C=O) groups is 9. The SMILES string of the molecule is CCN1CCN(CC(=O)O)CCN(CC(CCCCCc2ccc(NC(=S)NCCCC[C@@H]3NC(=O)[C@@H](Cc4ccc(O)cc4)NC(=O)[C@H](C(=O)O)NC(=O)CNC(=O)C(CCCNC(=N)N)NC3=O)cc2)N(CC(=O)O)CC(=O)O)CC1. The summed E-state index contributed by atoms with van der Waals surface area (Å²) in [6, 6.07) is 6.82. The number of nitrogens with zero attached hydrogens (tertiary/aromatic N) is 4. The number of nitrogens with two attached hydrogens (primary N) is 1. The van der Waals surface area contributed by atoms with E-state index in [4.69, 9.17) is 23.4 Å². The molecule has 2 unspecified atom stereocenters. The largest absolute Gasteiger partial charge is 0.508 e. The maximum absolute atomic E-state index is 14.1. The number of unbranched alkanes of at least 4 members (excludes halogenated alkanes) is 3. The number of carboxylic acid groups (broad SMARTS) is 4. The van der Waals surface area contributed by atoms with E-state index < -0.39 is 97.2 Å². The molecule has 2 saturated heterocycles. The number of benzene rings is 2. The lowest BCUT2D eigenvalue weighted by Gasteiger charge is -2.35. The molecule has 0 radical (unpaired) electrons. The summed E-state index contributed by atoms with van der Waals surface area (Å²) in [5, 5.41) is 77.4. The molecule has 458 valence electrons. The number of carboxylic acids is 4. The summed E-state index contributed by atoms with van der Waals surface area (Å²) in [5.74, 6) is -10.1. The Morgan fingerprint density at radius 3 is 1.84 bits per heavy atom. The van der Waals surface area contributed by atoms with Crippen LogP contribution < -0.4 is 48.3 Å². The van der Waals surface area contributed by atoms with Crippen LogP contribution in [0.3, 0.4) is 0 Å². The molecule has 2 aliphatic heterocycles. The number of carbonyl (C=O) groups excluding carboxylic acids is 5. The second kappa shape index (κ2) is 36.0. The summed E-state index contributed by atoms with van der Waals surface area (Å²) >= 11 is 5.56. The number of phenolic OH excluding ortho intramolecular Hbond substituents is 1. The van der Waals surface area contributed by atoms with Crippen molar-refractivity contribution in [2.24, 2.45) is 5.73 Å². The van der Waals surface area contributed by atoms with E-state index in [2.05, 4.69) is 47.0 Å². The minimum absolute atomic E-state index is 0.00468. The van der Waals surface area contributed by atoms with Crippen molar-refractivity contribution in [2.75, 3.05) is 96.9 Å². The highest BCUT2D eigenvalue weighted by atomic mass is 32.1. The topological polar surface area (TPSA) is 414 Å². The molecule has 2 aromatic rings. The highest BCUT2D eigenvalue weighted by Crippen LogP contribution is 2.18. The van der Waals surface area contributed by atoms with Crippen LogP contribution >= 0.6 is 12.2 Å². The Kier molecular flexibility index (Phi) is 29.4. The molecule has 4 rings (SSSR count). The lowest BCUT2D eigenvalue weighted by Crippen LogP contribution is -2.59. The van der Waals surface area contributed by atoms with Gasteiger partial charge in [0.1, 0.15) is 23.9 Å². The van der Waals surface area contributed by atoms with E-state index in [-0.39, 0.29) is 56.5 Å². The standard InChI is InChI=1S/C54H82N14O14S/c1-2-65-23-25-66(27-28-67(26-24-65)32-44(71)72)31-38(68(33-45(73)74)34-46(75)76)10-5-3-4-9-35-13-17-37(18-14-35)60-54(83)58-21-7-6-11-41-49(78)61-40(12-8-22-57-53(55)56)48(77)59-30-43(70)64-47(52(81)82)51(80)63-42(50(79)62-41)29-36-15-19-39(69)20-16-36/h13-20,38,40-42,47,69H,2-12,21-34H2,1H3,(H,59,77)(H,61,78)(H,62,79)(H,63,80)(H,64,70)(H,71,72)(H,73,74)(H,75,76)(H,81,82)(H4,55,56,57)(H2,58,60,83)/t38?,40?,41-,42+,47+/m0/s1. The third kappa shape index (κ3) is 26.4. The number of aryl methyl sites for hydroxylation is 1. The van der Waals surface area contributed by atoms with Gasteiger partial charge in [0.25, 0.3) is 5.91 Å². The third-order valence-corrected chi connectivity index (χ3v) is 14.3. The van der Waals surface area contributed by atoms with Crippen molar-refractivity contribution in [3.8, 4) is 5.75 Å². The van der Waals surface area contributed by atoms with E-state index >= 15 is 0 Å². The van der Waals surface area contributed by atoms with Gasteiger partial charge in [0, 0.05) is 77.1 Å². The number of anilines is 1. The summed E-state index contributed by atoms with van der Waals surface area (Å²) in [6.45, 7) is 5.90. The Bertz CT molecular complexity index is 2500. The number of rotatable bonds is 29. The molecule has 0 spiro atoms. The van der Waals surface area contributed by atoms with E-state index in [1.165, 1.54) is 29.2 Å². The van der Waals surface area contributed by atoms with E-state index in [9.17, 15) is 68.7 Å². The summed E-state index contributed by atoms with van der Waals surface area (Å²) < 4.78 is 0. The zero-order valence-electron chi connectivity index (χ0n) is 46.9. The maximum atomic E-state index is 14.1. The van der Waals surface area contributed by atoms with Gasteiger partial charge in [0.2, 0.25) is 29.7 Å². The number of phenols is 1. The average Bonchev–Trinajstić information content (AvgIpc) is 3.53. The smallest absolute Gasteiger partial charge is 0.336 e. The highest BCUT2D eigenvalue weighted by Gasteiger charge is 2.35. The monoisotopic (exact) mass is 1180 g/mol. The molecule has 2 aliphatic rings. The molecule has 2 fully saturated rings. The lowest BCUT2D eigenvalue weighted by molar-refractivity contribution is -0.147. The Morgan fingerprint density at radius 2 is 1.24 bits per heavy atom. The first-order valence-corrected chi connectivity index (χ1v) is 28.3. The van der Waals surface area contributed by atoms with Crippen molar-refractivity contribution in [1.82, 2.24) is 56.8 Å². The fourth-order valence-electron chi connectivity index (χ4n) is 9.56. The van der Waals surface area contributed by atoms with Crippen molar-refractivity contribution < 1.29 is 68.7 Å². The van der Waals surface area contributed by atoms with E-state index in [1.807, 2.05) is 41.4 Å². The number of guanidine groups is 1. The van der Waals surface area contributed by atoms with Crippen LogP contribution in [0, 0.1) is 5.41 Å². The van der Waals surface area contributed by atoms with Gasteiger partial charge in [-0.15, -0.1) is 0 Å². The van der Waals surface area contributed by atoms with Gasteiger partial charge in [-0.25, -0.2) is 4.79 Å². The van der Waals surface area contributed by atoms with E-state index in [1.54, 1.807) is 0 Å². The molecule has 83 heavy (non-hydrogen) atoms. The summed E-state index contributed by atoms with van der Waals surface area (Å²) in [7, 11) is 0. The first kappa shape index (κ1) is 67.8. The first-order valence-electron chi connectivity index (χ1n) is 27.9. The third-order valence-electron chi connectivity index (χ3n) is 14.1. The van der Waals surface area contributed by atoms with Gasteiger partial charge in [0.15, 0.2) is 11.1 Å². The molecule has 0 aromatic heterocycles. The minimum Gasteiger partial charge on any atom is -0.508 e. The van der Waals surface area contributed by atoms with Gasteiger partial charge in [0.05, 0.1) is 26.2 Å². The molecule has 28 nitrogen and oxygen atoms in total. The van der Waals surface area contributed by atoms with Gasteiger partial charge in [-0.2, -0.15) is 0 Å². The van der Waals surface area contributed by atoms with Gasteiger partial charge < -0.3 is 78.7 Å². The Labute approximate surface area is 487 Å². The van der Waals surface area contributed by atoms with E-state index in [0.29, 0.717) is 74.9 Å². The second-order valence-corrected chi connectivity index (χ2v) is 20.9. The lowest BCUT2D eigenvalue weighted by atomic mass is 10.0. The van der Waals surface area contributed by atoms with Gasteiger partial charge in [-0.3, -0.25) is 58.5 Å². The molecular weight excluding hydrogens is 1100 g/mol. The second-order valence-electron chi connectivity index (χ2n) is 20.5. The molecule has 2 heterocycles. The van der Waals surface area contributed by atoms with E-state index in [0.717, 1.165) is 50.9 Å². The van der Waals surface area contributed by atoms with Crippen molar-refractivity contribution in [3.63, 3.8) is 0 Å². The number of thiocarbonyl (C=S) groups is 1. The van der Waals surface area contributed by atoms with Gasteiger partial charge >= 0.3 is 23.9 Å². The van der Waals surface area contributed by atoms with Crippen molar-refractivity contribution >= 4 is 82.4 Å². The Morgan fingerprint density at radius 1 is 0.675 bits per heavy atom. The van der Waals surface area contributed by atoms with Crippen molar-refractivity contribution in [1.29, 1.82) is 5.41 Å². The van der Waals surface area contributed by atoms with Crippen molar-refractivity contribution in [3.05, 3.63) is 59.7 Å². The fourth-order valence-corrected chi connectivity index (χ4v) is 9.78. The number of likely N-dealkylation sites (N-methyl/N-ethyl adjacent to an activating group) is 1. The Hall–Kier alpha value is -7.73. The number of amides is 5. The van der Waals surface area contributed by atoms with Crippen LogP contribution in [-0.4, -0.2) is 231 Å². The molecule has 5 amide bonds. The molecule has 0 aliphatic carbocycles. The van der Waals surface area contributed by atoms with Crippen LogP contribution in [0.2, 0.25) is 0 Å². The van der Waals surface area contributed by atoms with Crippen molar-refractivity contribution in [2.45, 2.75) is 108 Å². The summed E-state index contributed by atoms with van der Waals surface area (Å²) in [6.07, 6.45) is 4.47. The first-order chi connectivity index (χ1) is 39.6. The molecule has 2 aromatic carbocycles. The van der Waals surface area contributed by atoms with Gasteiger partial charge in [-0.05, 0) is 106 Å². The number of aromatic hydroxyl groups is 1. The molecule has 16 N–H and O–H groups in total. The molecule has 5 atom stereocenters. The predicted octanol–water partition coefficient (Wildman–Crippen LogP) is -1.52. The number of hydrogen-bond acceptors (Lipinski definition) is 16. The zero-order valence-corrected chi connectivity index (χ0v) is 47.7. The zero-order chi connectivity index (χ0) is 60.8. The summed E-state index contributed by atoms with van der Waals surface area (Å²) in [4.78, 5) is 123. The van der Waals surface area contributed by atoms with Crippen LogP contribution in [0.5, 0.6) is 5.75 Å². The maximum Gasteiger partial charge on any atom is 0.336 e. The molecule has 0 bridgehead atoms. The number of nitrogens with one attached hydrogen (secondary N) is 9. The number of hydrogen-bond donors (Lipinski definition) is 15. The van der Waals surface area contributed by atoms with Crippen LogP contribution in [0.15, 0.2) is 48.5 Å². The van der Waals surface area contributed by atoms with Crippen LogP contribution in [-0.2, 0) is 56.0 Å². The van der Waals surface area contributed by atoms with Crippen LogP contribution in [0.25, 0.3) is 0 Å². The number of aliphatic carboxylic acids is 4. The predicted molar refractivity (Wildman–Crippen MR) is 309 cm³/mol. The molecule has 0 saturated carbocycles. The fraction of sp³-hybridized carbons (Fsp3) is 0.574. The molecule has 29 heteroatoms. The normalized spacial score (nSPS) is 19.6. The summed E-state index contributed by atoms with van der Waals surface area (Å²) in [5.41, 5.74) is 7.62. The quantitative estimate of drug-likeness (QED) is 0.0145.